The molecule has 0 aliphatic rings. The molecule has 0 radical (unpaired) electrons. The highest BCUT2D eigenvalue weighted by Crippen LogP contribution is 2.23. The summed E-state index contributed by atoms with van der Waals surface area (Å²) in [6, 6.07) is 24.5. The molecular formula is C41H36O20. The molecule has 0 amide bonds. The van der Waals surface area contributed by atoms with E-state index in [1.807, 2.05) is 0 Å². The lowest BCUT2D eigenvalue weighted by Gasteiger charge is -2.30. The quantitative estimate of drug-likeness (QED) is 0.0608. The molecular weight excluding hydrogens is 812 g/mol. The first-order valence-electron chi connectivity index (χ1n) is 17.6. The summed E-state index contributed by atoms with van der Waals surface area (Å²) in [5.74, 6) is -4.37. The van der Waals surface area contributed by atoms with Gasteiger partial charge in [0.05, 0.1) is 22.3 Å². The van der Waals surface area contributed by atoms with Crippen LogP contribution in [-0.4, -0.2) is 74.9 Å². The van der Waals surface area contributed by atoms with Crippen molar-refractivity contribution in [3.05, 3.63) is 142 Å². The average Bonchev–Trinajstić information content (AvgIpc) is 3.25. The first kappa shape index (κ1) is 45.5. The third kappa shape index (κ3) is 14.0. The predicted octanol–water partition coefficient (Wildman–Crippen LogP) is 6.91. The van der Waals surface area contributed by atoms with Gasteiger partial charge in [0.25, 0.3) is 0 Å². The fourth-order valence-corrected chi connectivity index (χ4v) is 4.87. The van der Waals surface area contributed by atoms with Gasteiger partial charge in [-0.25, -0.2) is 58.3 Å². The van der Waals surface area contributed by atoms with Crippen LogP contribution < -0.4 is 0 Å². The Labute approximate surface area is 345 Å². The normalized spacial score (nSPS) is 10.4. The highest BCUT2D eigenvalue weighted by atomic mass is 17.3. The lowest BCUT2D eigenvalue weighted by Crippen LogP contribution is -2.44. The highest BCUT2D eigenvalue weighted by Gasteiger charge is 2.40. The van der Waals surface area contributed by atoms with Gasteiger partial charge in [-0.3, -0.25) is 0 Å². The van der Waals surface area contributed by atoms with Gasteiger partial charge in [0, 0.05) is 0 Å². The van der Waals surface area contributed by atoms with Crippen LogP contribution in [-0.2, 0) is 58.0 Å². The SMILES string of the molecule is Cc1ccccc1C(=O)OOC(=O)OCC(COC(=O)OOC(=O)c1ccccc1C)(COC(=O)OOC(=O)c1ccccc1C)COC(=O)OOC(=O)c1ccccc1C. The number of rotatable bonds is 12. The van der Waals surface area contributed by atoms with E-state index in [4.69, 9.17) is 18.9 Å². The van der Waals surface area contributed by atoms with Gasteiger partial charge in [-0.05, 0) is 74.2 Å². The van der Waals surface area contributed by atoms with E-state index in [1.54, 1.807) is 76.2 Å². The summed E-state index contributed by atoms with van der Waals surface area (Å²) in [6.45, 7) is 1.99. The Bertz CT molecular complexity index is 1930. The van der Waals surface area contributed by atoms with Crippen LogP contribution in [0.15, 0.2) is 97.1 Å². The largest absolute Gasteiger partial charge is 0.549 e. The van der Waals surface area contributed by atoms with Crippen molar-refractivity contribution < 1.29 is 96.4 Å². The van der Waals surface area contributed by atoms with E-state index in [9.17, 15) is 38.4 Å². The molecule has 4 aromatic carbocycles. The first-order chi connectivity index (χ1) is 29.2. The smallest absolute Gasteiger partial charge is 0.431 e. The Morgan fingerprint density at radius 1 is 0.328 bits per heavy atom. The van der Waals surface area contributed by atoms with Crippen molar-refractivity contribution in [2.75, 3.05) is 26.4 Å². The molecule has 61 heavy (non-hydrogen) atoms. The Morgan fingerprint density at radius 3 is 0.721 bits per heavy atom. The molecule has 0 atom stereocenters. The van der Waals surface area contributed by atoms with Crippen LogP contribution >= 0.6 is 0 Å². The Morgan fingerprint density at radius 2 is 0.525 bits per heavy atom. The Balaban J connectivity index is 1.51. The van der Waals surface area contributed by atoms with Crippen LogP contribution in [0.2, 0.25) is 0 Å². The van der Waals surface area contributed by atoms with E-state index < -0.39 is 80.3 Å². The highest BCUT2D eigenvalue weighted by molar-refractivity contribution is 5.92. The van der Waals surface area contributed by atoms with Gasteiger partial charge in [0.15, 0.2) is 0 Å². The van der Waals surface area contributed by atoms with E-state index in [-0.39, 0.29) is 22.3 Å². The summed E-state index contributed by atoms with van der Waals surface area (Å²) in [5, 5.41) is 0. The number of carbonyl (C=O) groups excluding carboxylic acids is 8. The maximum Gasteiger partial charge on any atom is 0.549 e. The molecule has 0 aliphatic heterocycles. The minimum Gasteiger partial charge on any atom is -0.431 e. The minimum absolute atomic E-state index is 0.0322. The zero-order chi connectivity index (χ0) is 44.4. The first-order valence-corrected chi connectivity index (χ1v) is 17.6. The minimum atomic E-state index is -2.23. The second-order valence-electron chi connectivity index (χ2n) is 12.7. The summed E-state index contributed by atoms with van der Waals surface area (Å²) in [7, 11) is 0. The molecule has 20 nitrogen and oxygen atoms in total. The topological polar surface area (TPSA) is 247 Å². The number of ether oxygens (including phenoxy) is 4. The van der Waals surface area contributed by atoms with E-state index in [2.05, 4.69) is 39.1 Å². The molecule has 0 N–H and O–H groups in total. The van der Waals surface area contributed by atoms with Crippen LogP contribution in [0.25, 0.3) is 0 Å². The van der Waals surface area contributed by atoms with Crippen LogP contribution in [0.1, 0.15) is 63.7 Å². The van der Waals surface area contributed by atoms with Crippen molar-refractivity contribution in [2.45, 2.75) is 27.7 Å². The molecule has 20 heteroatoms. The zero-order valence-corrected chi connectivity index (χ0v) is 32.7. The number of carbonyl (C=O) groups is 8. The van der Waals surface area contributed by atoms with Gasteiger partial charge in [-0.2, -0.15) is 19.2 Å². The van der Waals surface area contributed by atoms with Gasteiger partial charge in [-0.15, -0.1) is 0 Å². The monoisotopic (exact) mass is 848 g/mol. The van der Waals surface area contributed by atoms with Crippen molar-refractivity contribution in [3.63, 3.8) is 0 Å². The third-order valence-electron chi connectivity index (χ3n) is 8.19. The van der Waals surface area contributed by atoms with Gasteiger partial charge in [0.1, 0.15) is 31.8 Å². The standard InChI is InChI=1S/C41H36O20/c1-25-13-5-9-17-29(25)33(42)54-58-37(46)50-21-41(22-51-38(47)59-55-34(43)30-18-10-6-14-26(30)2,23-52-39(48)60-56-35(44)31-19-11-7-15-27(31)3)24-53-40(49)61-57-36(45)32-20-12-8-16-28(32)4/h5-20H,21-24H2,1-4H3. The lowest BCUT2D eigenvalue weighted by molar-refractivity contribution is -0.223. The fraction of sp³-hybridized carbons (Fsp3) is 0.220. The summed E-state index contributed by atoms with van der Waals surface area (Å²) in [4.78, 5) is 137. The van der Waals surface area contributed by atoms with Crippen molar-refractivity contribution in [2.24, 2.45) is 5.41 Å². The second-order valence-corrected chi connectivity index (χ2v) is 12.7. The van der Waals surface area contributed by atoms with E-state index >= 15 is 0 Å². The maximum absolute atomic E-state index is 12.7. The summed E-state index contributed by atoms with van der Waals surface area (Å²) in [6.07, 6.45) is -6.76. The fourth-order valence-electron chi connectivity index (χ4n) is 4.87. The molecule has 0 aliphatic carbocycles. The Kier molecular flexibility index (Phi) is 16.5. The summed E-state index contributed by atoms with van der Waals surface area (Å²) in [5.41, 5.74) is -0.211. The number of hydrogen-bond acceptors (Lipinski definition) is 20. The second kappa shape index (κ2) is 22.1. The number of aryl methyl sites for hydroxylation is 4. The molecule has 0 unspecified atom stereocenters. The van der Waals surface area contributed by atoms with Crippen molar-refractivity contribution in [3.8, 4) is 0 Å². The predicted molar refractivity (Wildman–Crippen MR) is 199 cm³/mol. The van der Waals surface area contributed by atoms with Crippen LogP contribution in [0.4, 0.5) is 19.2 Å². The van der Waals surface area contributed by atoms with Crippen molar-refractivity contribution >= 4 is 48.5 Å². The van der Waals surface area contributed by atoms with E-state index in [0.717, 1.165) is 0 Å². The van der Waals surface area contributed by atoms with Gasteiger partial charge in [-0.1, -0.05) is 72.8 Å². The maximum atomic E-state index is 12.7. The van der Waals surface area contributed by atoms with Crippen molar-refractivity contribution in [1.29, 1.82) is 0 Å². The lowest BCUT2D eigenvalue weighted by atomic mass is 9.92. The van der Waals surface area contributed by atoms with E-state index in [1.165, 1.54) is 48.5 Å². The molecule has 0 aromatic heterocycles. The molecule has 4 aromatic rings. The zero-order valence-electron chi connectivity index (χ0n) is 32.7. The van der Waals surface area contributed by atoms with Crippen LogP contribution in [0, 0.1) is 33.1 Å². The molecule has 0 fully saturated rings. The molecule has 4 rings (SSSR count). The van der Waals surface area contributed by atoms with Crippen molar-refractivity contribution in [1.82, 2.24) is 0 Å². The Hall–Kier alpha value is -8.16. The van der Waals surface area contributed by atoms with Crippen LogP contribution in [0.3, 0.4) is 0 Å². The molecule has 0 saturated carbocycles. The molecule has 0 saturated heterocycles. The third-order valence-corrected chi connectivity index (χ3v) is 8.19. The average molecular weight is 849 g/mol. The molecule has 320 valence electrons. The van der Waals surface area contributed by atoms with E-state index in [0.29, 0.717) is 22.3 Å². The summed E-state index contributed by atoms with van der Waals surface area (Å²) < 4.78 is 20.2. The molecule has 0 heterocycles. The molecule has 0 spiro atoms. The van der Waals surface area contributed by atoms with Crippen LogP contribution in [0.5, 0.6) is 0 Å². The number of benzene rings is 4. The molecule has 0 bridgehead atoms. The van der Waals surface area contributed by atoms with Gasteiger partial charge in [0.2, 0.25) is 0 Å². The summed E-state index contributed by atoms with van der Waals surface area (Å²) >= 11 is 0. The number of hydrogen-bond donors (Lipinski definition) is 0. The van der Waals surface area contributed by atoms with Gasteiger partial charge >= 0.3 is 48.5 Å². The van der Waals surface area contributed by atoms with Gasteiger partial charge < -0.3 is 18.9 Å².